The van der Waals surface area contributed by atoms with Crippen LogP contribution in [-0.2, 0) is 21.4 Å². The van der Waals surface area contributed by atoms with Gasteiger partial charge < -0.3 is 10.1 Å². The predicted octanol–water partition coefficient (Wildman–Crippen LogP) is 5.27. The molecule has 1 fully saturated rings. The standard InChI is InChI=1S/C26H27ClN2O4S/c1-19-7-12-24(25(17-19)33-18-20-5-3-2-4-6-20)28-26(30)21-13-15-29(16-14-21)34(31,32)23-10-8-22(27)9-11-23/h2-12,17,21H,13-16,18H2,1H3,(H,28,30). The van der Waals surface area contributed by atoms with Crippen LogP contribution in [0.25, 0.3) is 0 Å². The van der Waals surface area contributed by atoms with Gasteiger partial charge in [0.15, 0.2) is 0 Å². The van der Waals surface area contributed by atoms with Crippen LogP contribution in [-0.4, -0.2) is 31.7 Å². The highest BCUT2D eigenvalue weighted by molar-refractivity contribution is 7.89. The quantitative estimate of drug-likeness (QED) is 0.481. The second-order valence-corrected chi connectivity index (χ2v) is 10.8. The van der Waals surface area contributed by atoms with E-state index in [9.17, 15) is 13.2 Å². The monoisotopic (exact) mass is 498 g/mol. The summed E-state index contributed by atoms with van der Waals surface area (Å²) in [7, 11) is -3.61. The molecule has 0 atom stereocenters. The lowest BCUT2D eigenvalue weighted by Crippen LogP contribution is -2.41. The molecule has 1 amide bonds. The van der Waals surface area contributed by atoms with Gasteiger partial charge in [0, 0.05) is 24.0 Å². The number of hydrogen-bond acceptors (Lipinski definition) is 4. The van der Waals surface area contributed by atoms with Crippen LogP contribution in [0.5, 0.6) is 5.75 Å². The highest BCUT2D eigenvalue weighted by Crippen LogP contribution is 2.30. The first-order chi connectivity index (χ1) is 16.3. The van der Waals surface area contributed by atoms with E-state index in [-0.39, 0.29) is 29.8 Å². The molecule has 1 N–H and O–H groups in total. The van der Waals surface area contributed by atoms with Crippen molar-refractivity contribution in [2.45, 2.75) is 31.3 Å². The lowest BCUT2D eigenvalue weighted by Gasteiger charge is -2.30. The fourth-order valence-corrected chi connectivity index (χ4v) is 5.53. The fraction of sp³-hybridized carbons (Fsp3) is 0.269. The second-order valence-electron chi connectivity index (χ2n) is 8.40. The molecule has 3 aromatic carbocycles. The number of nitrogens with one attached hydrogen (secondary N) is 1. The van der Waals surface area contributed by atoms with Gasteiger partial charge in [-0.3, -0.25) is 4.79 Å². The maximum Gasteiger partial charge on any atom is 0.243 e. The van der Waals surface area contributed by atoms with E-state index < -0.39 is 10.0 Å². The van der Waals surface area contributed by atoms with Crippen molar-refractivity contribution in [3.05, 3.63) is 88.9 Å². The van der Waals surface area contributed by atoms with Crippen molar-refractivity contribution in [1.29, 1.82) is 0 Å². The van der Waals surface area contributed by atoms with Gasteiger partial charge in [-0.15, -0.1) is 0 Å². The fourth-order valence-electron chi connectivity index (χ4n) is 3.94. The Morgan fingerprint density at radius 3 is 2.38 bits per heavy atom. The highest BCUT2D eigenvalue weighted by Gasteiger charge is 2.32. The summed E-state index contributed by atoms with van der Waals surface area (Å²) >= 11 is 5.88. The van der Waals surface area contributed by atoms with Crippen LogP contribution >= 0.6 is 11.6 Å². The first-order valence-electron chi connectivity index (χ1n) is 11.2. The Labute approximate surface area is 205 Å². The Balaban J connectivity index is 1.38. The average Bonchev–Trinajstić information content (AvgIpc) is 2.85. The van der Waals surface area contributed by atoms with Crippen LogP contribution in [0.3, 0.4) is 0 Å². The Morgan fingerprint density at radius 2 is 1.71 bits per heavy atom. The van der Waals surface area contributed by atoms with Crippen molar-refractivity contribution in [3.63, 3.8) is 0 Å². The zero-order valence-corrected chi connectivity index (χ0v) is 20.5. The first kappa shape index (κ1) is 24.3. The lowest BCUT2D eigenvalue weighted by atomic mass is 9.97. The number of hydrogen-bond donors (Lipinski definition) is 1. The van der Waals surface area contributed by atoms with Gasteiger partial charge in [-0.1, -0.05) is 48.0 Å². The van der Waals surface area contributed by atoms with E-state index in [2.05, 4.69) is 5.32 Å². The van der Waals surface area contributed by atoms with Gasteiger partial charge in [0.1, 0.15) is 12.4 Å². The van der Waals surface area contributed by atoms with E-state index in [0.29, 0.717) is 35.9 Å². The number of anilines is 1. The number of carbonyl (C=O) groups is 1. The number of aryl methyl sites for hydroxylation is 1. The van der Waals surface area contributed by atoms with Gasteiger partial charge in [0.05, 0.1) is 10.6 Å². The third kappa shape index (κ3) is 5.78. The van der Waals surface area contributed by atoms with Crippen molar-refractivity contribution in [2.75, 3.05) is 18.4 Å². The van der Waals surface area contributed by atoms with Gasteiger partial charge in [0.25, 0.3) is 0 Å². The molecule has 1 aliphatic heterocycles. The molecule has 6 nitrogen and oxygen atoms in total. The summed E-state index contributed by atoms with van der Waals surface area (Å²) in [5.41, 5.74) is 2.68. The van der Waals surface area contributed by atoms with E-state index in [1.807, 2.05) is 55.5 Å². The largest absolute Gasteiger partial charge is 0.487 e. The summed E-state index contributed by atoms with van der Waals surface area (Å²) in [6.07, 6.45) is 0.898. The Hall–Kier alpha value is -2.87. The van der Waals surface area contributed by atoms with Crippen LogP contribution in [0.1, 0.15) is 24.0 Å². The maximum absolute atomic E-state index is 13.0. The summed E-state index contributed by atoms with van der Waals surface area (Å²) in [6.45, 7) is 2.94. The predicted molar refractivity (Wildman–Crippen MR) is 134 cm³/mol. The minimum atomic E-state index is -3.61. The molecular weight excluding hydrogens is 472 g/mol. The minimum Gasteiger partial charge on any atom is -0.487 e. The number of amides is 1. The van der Waals surface area contributed by atoms with Gasteiger partial charge in [-0.05, 0) is 67.3 Å². The molecule has 0 radical (unpaired) electrons. The topological polar surface area (TPSA) is 75.7 Å². The molecule has 4 rings (SSSR count). The third-order valence-electron chi connectivity index (χ3n) is 5.91. The van der Waals surface area contributed by atoms with E-state index in [1.165, 1.54) is 16.4 Å². The summed E-state index contributed by atoms with van der Waals surface area (Å²) in [4.78, 5) is 13.2. The zero-order chi connectivity index (χ0) is 24.1. The molecule has 0 unspecified atom stereocenters. The van der Waals surface area contributed by atoms with Crippen molar-refractivity contribution < 1.29 is 17.9 Å². The molecule has 178 valence electrons. The van der Waals surface area contributed by atoms with Crippen molar-refractivity contribution in [3.8, 4) is 5.75 Å². The van der Waals surface area contributed by atoms with Crippen LogP contribution in [0, 0.1) is 12.8 Å². The average molecular weight is 499 g/mol. The molecule has 1 aliphatic rings. The number of halogens is 1. The van der Waals surface area contributed by atoms with Crippen LogP contribution < -0.4 is 10.1 Å². The smallest absolute Gasteiger partial charge is 0.243 e. The van der Waals surface area contributed by atoms with Crippen molar-refractivity contribution in [1.82, 2.24) is 4.31 Å². The van der Waals surface area contributed by atoms with Crippen molar-refractivity contribution in [2.24, 2.45) is 5.92 Å². The van der Waals surface area contributed by atoms with E-state index in [1.54, 1.807) is 12.1 Å². The summed E-state index contributed by atoms with van der Waals surface area (Å²) in [6, 6.07) is 21.6. The van der Waals surface area contributed by atoms with E-state index in [4.69, 9.17) is 16.3 Å². The molecule has 3 aromatic rings. The third-order valence-corrected chi connectivity index (χ3v) is 8.07. The number of sulfonamides is 1. The number of carbonyl (C=O) groups excluding carboxylic acids is 1. The number of rotatable bonds is 7. The van der Waals surface area contributed by atoms with E-state index >= 15 is 0 Å². The van der Waals surface area contributed by atoms with Crippen molar-refractivity contribution >= 4 is 33.2 Å². The molecule has 0 spiro atoms. The lowest BCUT2D eigenvalue weighted by molar-refractivity contribution is -0.120. The number of piperidine rings is 1. The molecule has 8 heteroatoms. The first-order valence-corrected chi connectivity index (χ1v) is 13.0. The molecule has 1 saturated heterocycles. The summed E-state index contributed by atoms with van der Waals surface area (Å²) < 4.78 is 33.2. The Bertz CT molecular complexity index is 1240. The highest BCUT2D eigenvalue weighted by atomic mass is 35.5. The summed E-state index contributed by atoms with van der Waals surface area (Å²) in [5, 5.41) is 3.47. The normalized spacial score (nSPS) is 15.1. The number of benzene rings is 3. The van der Waals surface area contributed by atoms with Gasteiger partial charge in [-0.25, -0.2) is 8.42 Å². The molecule has 0 saturated carbocycles. The molecular formula is C26H27ClN2O4S. The Morgan fingerprint density at radius 1 is 1.03 bits per heavy atom. The molecule has 1 heterocycles. The summed E-state index contributed by atoms with van der Waals surface area (Å²) in [5.74, 6) is 0.205. The van der Waals surface area contributed by atoms with Crippen LogP contribution in [0.2, 0.25) is 5.02 Å². The molecule has 0 bridgehead atoms. The van der Waals surface area contributed by atoms with E-state index in [0.717, 1.165) is 11.1 Å². The van der Waals surface area contributed by atoms with Gasteiger partial charge in [-0.2, -0.15) is 4.31 Å². The number of nitrogens with zero attached hydrogens (tertiary/aromatic N) is 1. The molecule has 34 heavy (non-hydrogen) atoms. The Kier molecular flexibility index (Phi) is 7.56. The zero-order valence-electron chi connectivity index (χ0n) is 18.9. The molecule has 0 aromatic heterocycles. The van der Waals surface area contributed by atoms with Gasteiger partial charge >= 0.3 is 0 Å². The minimum absolute atomic E-state index is 0.128. The SMILES string of the molecule is Cc1ccc(NC(=O)C2CCN(S(=O)(=O)c3ccc(Cl)cc3)CC2)c(OCc2ccccc2)c1. The second kappa shape index (κ2) is 10.6. The molecule has 0 aliphatic carbocycles. The number of ether oxygens (including phenoxy) is 1. The maximum atomic E-state index is 13.0. The van der Waals surface area contributed by atoms with Crippen LogP contribution in [0.4, 0.5) is 5.69 Å². The van der Waals surface area contributed by atoms with Gasteiger partial charge in [0.2, 0.25) is 15.9 Å². The van der Waals surface area contributed by atoms with Crippen LogP contribution in [0.15, 0.2) is 77.7 Å².